The first-order valence-electron chi connectivity index (χ1n) is 6.12. The molecule has 5 heteroatoms. The van der Waals surface area contributed by atoms with E-state index in [0.29, 0.717) is 6.10 Å². The highest BCUT2D eigenvalue weighted by Gasteiger charge is 2.16. The molecule has 0 aromatic heterocycles. The lowest BCUT2D eigenvalue weighted by Gasteiger charge is -2.24. The van der Waals surface area contributed by atoms with Gasteiger partial charge in [-0.05, 0) is 40.0 Å². The van der Waals surface area contributed by atoms with Crippen LogP contribution in [-0.4, -0.2) is 37.8 Å². The van der Waals surface area contributed by atoms with E-state index < -0.39 is 0 Å². The van der Waals surface area contributed by atoms with Crippen LogP contribution in [0.5, 0.6) is 0 Å². The van der Waals surface area contributed by atoms with Crippen molar-refractivity contribution in [2.75, 3.05) is 20.2 Å². The van der Waals surface area contributed by atoms with E-state index in [1.54, 1.807) is 7.05 Å². The summed E-state index contributed by atoms with van der Waals surface area (Å²) in [5.74, 6) is 0.866. The van der Waals surface area contributed by atoms with Crippen LogP contribution in [0.25, 0.3) is 0 Å². The average molecular weight is 355 g/mol. The zero-order valence-electron chi connectivity index (χ0n) is 11.4. The van der Waals surface area contributed by atoms with Crippen molar-refractivity contribution in [2.45, 2.75) is 51.7 Å². The second-order valence-corrected chi connectivity index (χ2v) is 5.30. The van der Waals surface area contributed by atoms with E-state index in [1.807, 2.05) is 0 Å². The predicted octanol–water partition coefficient (Wildman–Crippen LogP) is 2.14. The summed E-state index contributed by atoms with van der Waals surface area (Å²) in [5, 5.41) is 6.64. The lowest BCUT2D eigenvalue weighted by Crippen LogP contribution is -2.48. The molecular weight excluding hydrogens is 329 g/mol. The van der Waals surface area contributed by atoms with Gasteiger partial charge in [0.05, 0.1) is 6.10 Å². The second kappa shape index (κ2) is 8.13. The molecule has 1 atom stereocenters. The number of hydrogen-bond acceptors (Lipinski definition) is 2. The molecule has 17 heavy (non-hydrogen) atoms. The maximum Gasteiger partial charge on any atom is 0.191 e. The number of nitrogens with zero attached hydrogens (tertiary/aromatic N) is 1. The quantitative estimate of drug-likeness (QED) is 0.463. The minimum absolute atomic E-state index is 0. The largest absolute Gasteiger partial charge is 0.378 e. The number of ether oxygens (including phenoxy) is 1. The first-order chi connectivity index (χ1) is 7.51. The van der Waals surface area contributed by atoms with Crippen molar-refractivity contribution < 1.29 is 4.74 Å². The number of rotatable bonds is 3. The van der Waals surface area contributed by atoms with Crippen LogP contribution in [0.4, 0.5) is 0 Å². The third-order valence-electron chi connectivity index (χ3n) is 2.50. The van der Waals surface area contributed by atoms with E-state index in [1.165, 1.54) is 12.8 Å². The number of halogens is 1. The fourth-order valence-electron chi connectivity index (χ4n) is 1.76. The molecule has 0 bridgehead atoms. The molecule has 1 fully saturated rings. The summed E-state index contributed by atoms with van der Waals surface area (Å²) >= 11 is 0. The normalized spacial score (nSPS) is 20.9. The van der Waals surface area contributed by atoms with Crippen LogP contribution in [0, 0.1) is 0 Å². The highest BCUT2D eigenvalue weighted by atomic mass is 127. The molecule has 1 heterocycles. The van der Waals surface area contributed by atoms with Crippen molar-refractivity contribution in [1.29, 1.82) is 0 Å². The Morgan fingerprint density at radius 2 is 2.12 bits per heavy atom. The lowest BCUT2D eigenvalue weighted by atomic mass is 10.1. The molecule has 0 radical (unpaired) electrons. The van der Waals surface area contributed by atoms with Crippen molar-refractivity contribution in [3.8, 4) is 0 Å². The van der Waals surface area contributed by atoms with Gasteiger partial charge in [0.15, 0.2) is 5.96 Å². The van der Waals surface area contributed by atoms with Crippen LogP contribution in [0.1, 0.15) is 40.0 Å². The molecule has 0 saturated carbocycles. The Hall–Kier alpha value is -0.0400. The van der Waals surface area contributed by atoms with Gasteiger partial charge in [0.25, 0.3) is 0 Å². The van der Waals surface area contributed by atoms with Gasteiger partial charge < -0.3 is 15.4 Å². The lowest BCUT2D eigenvalue weighted by molar-refractivity contribution is 0.105. The van der Waals surface area contributed by atoms with E-state index in [9.17, 15) is 0 Å². The first-order valence-corrected chi connectivity index (χ1v) is 6.12. The van der Waals surface area contributed by atoms with Gasteiger partial charge in [0.1, 0.15) is 0 Å². The van der Waals surface area contributed by atoms with Crippen molar-refractivity contribution in [1.82, 2.24) is 10.6 Å². The van der Waals surface area contributed by atoms with Gasteiger partial charge in [0.2, 0.25) is 0 Å². The Morgan fingerprint density at radius 3 is 2.59 bits per heavy atom. The fraction of sp³-hybridized carbons (Fsp3) is 0.917. The molecule has 0 aromatic rings. The summed E-state index contributed by atoms with van der Waals surface area (Å²) in [5.41, 5.74) is 0.0473. The summed E-state index contributed by atoms with van der Waals surface area (Å²) in [6, 6.07) is 0. The van der Waals surface area contributed by atoms with Gasteiger partial charge in [-0.3, -0.25) is 4.99 Å². The maximum atomic E-state index is 5.57. The van der Waals surface area contributed by atoms with Crippen LogP contribution < -0.4 is 10.6 Å². The number of aliphatic imine (C=N–C) groups is 1. The molecule has 1 aliphatic rings. The minimum Gasteiger partial charge on any atom is -0.378 e. The first kappa shape index (κ1) is 17.0. The Bertz CT molecular complexity index is 232. The van der Waals surface area contributed by atoms with Crippen LogP contribution in [0.3, 0.4) is 0 Å². The van der Waals surface area contributed by atoms with Crippen molar-refractivity contribution in [2.24, 2.45) is 4.99 Å². The van der Waals surface area contributed by atoms with E-state index >= 15 is 0 Å². The highest BCUT2D eigenvalue weighted by molar-refractivity contribution is 14.0. The highest BCUT2D eigenvalue weighted by Crippen LogP contribution is 2.14. The maximum absolute atomic E-state index is 5.57. The van der Waals surface area contributed by atoms with Crippen LogP contribution in [0.15, 0.2) is 4.99 Å². The molecule has 2 N–H and O–H groups in total. The molecule has 0 aromatic carbocycles. The second-order valence-electron chi connectivity index (χ2n) is 5.30. The van der Waals surface area contributed by atoms with Crippen LogP contribution >= 0.6 is 24.0 Å². The number of nitrogens with one attached hydrogen (secondary N) is 2. The zero-order valence-corrected chi connectivity index (χ0v) is 13.7. The zero-order chi connectivity index (χ0) is 12.0. The standard InChI is InChI=1S/C12H25N3O.HI/c1-12(2,3)15-11(13-4)14-8-7-10-6-5-9-16-10;/h10H,5-9H2,1-4H3,(H2,13,14,15);1H. The van der Waals surface area contributed by atoms with E-state index in [4.69, 9.17) is 4.74 Å². The third-order valence-corrected chi connectivity index (χ3v) is 2.50. The van der Waals surface area contributed by atoms with E-state index in [-0.39, 0.29) is 29.5 Å². The molecule has 0 amide bonds. The van der Waals surface area contributed by atoms with Gasteiger partial charge in [-0.1, -0.05) is 0 Å². The predicted molar refractivity (Wildman–Crippen MR) is 83.3 cm³/mol. The third kappa shape index (κ3) is 7.81. The Kier molecular flexibility index (Phi) is 8.11. The Morgan fingerprint density at radius 1 is 1.41 bits per heavy atom. The van der Waals surface area contributed by atoms with Gasteiger partial charge in [0, 0.05) is 25.7 Å². The molecular formula is C12H26IN3O. The number of hydrogen-bond donors (Lipinski definition) is 2. The SMILES string of the molecule is CN=C(NCCC1CCCO1)NC(C)(C)C.I. The summed E-state index contributed by atoms with van der Waals surface area (Å²) < 4.78 is 5.57. The van der Waals surface area contributed by atoms with Crippen molar-refractivity contribution in [3.63, 3.8) is 0 Å². The summed E-state index contributed by atoms with van der Waals surface area (Å²) in [6.45, 7) is 8.22. The van der Waals surface area contributed by atoms with Gasteiger partial charge in [-0.15, -0.1) is 24.0 Å². The van der Waals surface area contributed by atoms with Gasteiger partial charge in [-0.25, -0.2) is 0 Å². The van der Waals surface area contributed by atoms with Crippen LogP contribution in [-0.2, 0) is 4.74 Å². The van der Waals surface area contributed by atoms with E-state index in [2.05, 4.69) is 36.4 Å². The van der Waals surface area contributed by atoms with Crippen LogP contribution in [0.2, 0.25) is 0 Å². The summed E-state index contributed by atoms with van der Waals surface area (Å²) in [4.78, 5) is 4.19. The smallest absolute Gasteiger partial charge is 0.191 e. The molecule has 4 nitrogen and oxygen atoms in total. The average Bonchev–Trinajstić information content (AvgIpc) is 2.67. The molecule has 0 aliphatic carbocycles. The molecule has 1 saturated heterocycles. The van der Waals surface area contributed by atoms with Gasteiger partial charge in [-0.2, -0.15) is 0 Å². The monoisotopic (exact) mass is 355 g/mol. The number of guanidine groups is 1. The molecule has 1 rings (SSSR count). The Balaban J connectivity index is 0.00000256. The van der Waals surface area contributed by atoms with Crippen molar-refractivity contribution in [3.05, 3.63) is 0 Å². The molecule has 102 valence electrons. The molecule has 1 unspecified atom stereocenters. The fourth-order valence-corrected chi connectivity index (χ4v) is 1.76. The molecule has 0 spiro atoms. The van der Waals surface area contributed by atoms with E-state index in [0.717, 1.165) is 25.5 Å². The van der Waals surface area contributed by atoms with Crippen molar-refractivity contribution >= 4 is 29.9 Å². The summed E-state index contributed by atoms with van der Waals surface area (Å²) in [6.07, 6.45) is 3.91. The topological polar surface area (TPSA) is 45.7 Å². The molecule has 1 aliphatic heterocycles. The van der Waals surface area contributed by atoms with Gasteiger partial charge >= 0.3 is 0 Å². The minimum atomic E-state index is 0. The Labute approximate surface area is 122 Å². The summed E-state index contributed by atoms with van der Waals surface area (Å²) in [7, 11) is 1.80.